The predicted octanol–water partition coefficient (Wildman–Crippen LogP) is 3.76. The second kappa shape index (κ2) is 3.81. The van der Waals surface area contributed by atoms with E-state index in [0.717, 1.165) is 0 Å². The number of hydrogen-bond donors (Lipinski definition) is 0. The minimum atomic E-state index is 0. The average molecular weight is 208 g/mol. The molecule has 0 amide bonds. The molecule has 0 heterocycles. The van der Waals surface area contributed by atoms with Gasteiger partial charge in [-0.15, -0.1) is 0 Å². The summed E-state index contributed by atoms with van der Waals surface area (Å²) in [5.74, 6) is 0. The number of rotatable bonds is 2. The van der Waals surface area contributed by atoms with Crippen molar-refractivity contribution in [3.63, 3.8) is 0 Å². The summed E-state index contributed by atoms with van der Waals surface area (Å²) in [4.78, 5) is 0. The van der Waals surface area contributed by atoms with Crippen LogP contribution in [0.5, 0.6) is 0 Å². The van der Waals surface area contributed by atoms with Crippen LogP contribution in [0.25, 0.3) is 0 Å². The molecular weight excluding hydrogens is 192 g/mol. The van der Waals surface area contributed by atoms with Crippen molar-refractivity contribution in [2.75, 3.05) is 0 Å². The van der Waals surface area contributed by atoms with Gasteiger partial charge in [0.1, 0.15) is 0 Å². The Balaban J connectivity index is 0.000000980. The first-order valence-electron chi connectivity index (χ1n) is 4.77. The fourth-order valence-corrected chi connectivity index (χ4v) is 3.84. The Morgan fingerprint density at radius 1 is 1.00 bits per heavy atom. The quantitative estimate of drug-likeness (QED) is 0.606. The van der Waals surface area contributed by atoms with Gasteiger partial charge in [-0.3, -0.25) is 0 Å². The molecule has 0 fully saturated rings. The predicted molar refractivity (Wildman–Crippen MR) is 55.1 cm³/mol. The molecule has 68 valence electrons. The minimum Gasteiger partial charge on any atom is -1.00 e. The van der Waals surface area contributed by atoms with E-state index in [1.165, 1.54) is 24.0 Å². The summed E-state index contributed by atoms with van der Waals surface area (Å²) < 4.78 is 3.47. The largest absolute Gasteiger partial charge is 1.00 e. The fourth-order valence-electron chi connectivity index (χ4n) is 1.71. The van der Waals surface area contributed by atoms with Crippen molar-refractivity contribution in [1.29, 1.82) is 0 Å². The van der Waals surface area contributed by atoms with Crippen LogP contribution in [0.2, 0.25) is 0 Å². The fraction of sp³-hybridized carbons (Fsp3) is 0.333. The van der Waals surface area contributed by atoms with E-state index in [-0.39, 0.29) is 22.0 Å². The Morgan fingerprint density at radius 2 is 1.46 bits per heavy atom. The Hall–Kier alpha value is -0.326. The molecule has 2 rings (SSSR count). The van der Waals surface area contributed by atoms with Crippen LogP contribution in [0.3, 0.4) is 0 Å². The van der Waals surface area contributed by atoms with Crippen LogP contribution in [0, 0.1) is 0 Å². The van der Waals surface area contributed by atoms with Crippen LogP contribution >= 0.6 is 0 Å². The Bertz CT molecular complexity index is 315. The summed E-state index contributed by atoms with van der Waals surface area (Å²) in [6.45, 7) is 4.50. The smallest absolute Gasteiger partial charge is 1.00 e. The molecule has 0 saturated heterocycles. The number of hydrogen-bond acceptors (Lipinski definition) is 0. The maximum Gasteiger partial charge on any atom is -1.00 e. The van der Waals surface area contributed by atoms with Crippen molar-refractivity contribution >= 4 is 0 Å². The van der Waals surface area contributed by atoms with Gasteiger partial charge in [0.15, 0.2) is 0 Å². The van der Waals surface area contributed by atoms with Crippen molar-refractivity contribution in [2.45, 2.75) is 26.7 Å². The summed E-state index contributed by atoms with van der Waals surface area (Å²) in [5.41, 5.74) is 3.07. The van der Waals surface area contributed by atoms with E-state index in [0.29, 0.717) is 0 Å². The van der Waals surface area contributed by atoms with Crippen molar-refractivity contribution in [3.05, 3.63) is 43.2 Å². The van der Waals surface area contributed by atoms with E-state index >= 15 is 0 Å². The molecule has 0 bridgehead atoms. The van der Waals surface area contributed by atoms with Gasteiger partial charge in [0, 0.05) is 0 Å². The normalized spacial score (nSPS) is 20.5. The molecule has 2 aliphatic carbocycles. The van der Waals surface area contributed by atoms with E-state index in [4.69, 9.17) is 0 Å². The van der Waals surface area contributed by atoms with Crippen LogP contribution in [0.4, 0.5) is 0 Å². The van der Waals surface area contributed by atoms with E-state index < -0.39 is 0 Å². The Labute approximate surface area is 92.0 Å². The van der Waals surface area contributed by atoms with Crippen molar-refractivity contribution in [1.82, 2.24) is 0 Å². The van der Waals surface area contributed by atoms with Gasteiger partial charge in [0.05, 0.1) is 0 Å². The zero-order valence-corrected chi connectivity index (χ0v) is 9.79. The molecule has 13 heavy (non-hydrogen) atoms. The SMILES string of the molecule is CC1=[C]([Ti+2][C]2=C(C)C=CC2)CC=C1.[H-].[H-]. The monoisotopic (exact) mass is 208 g/mol. The topological polar surface area (TPSA) is 0 Å². The molecule has 0 aromatic carbocycles. The van der Waals surface area contributed by atoms with Gasteiger partial charge in [-0.25, -0.2) is 0 Å². The van der Waals surface area contributed by atoms with Gasteiger partial charge in [-0.05, 0) is 0 Å². The van der Waals surface area contributed by atoms with Gasteiger partial charge >= 0.3 is 89.0 Å². The molecule has 0 spiro atoms. The van der Waals surface area contributed by atoms with Crippen molar-refractivity contribution < 1.29 is 22.0 Å². The molecule has 0 nitrogen and oxygen atoms in total. The number of allylic oxidation sites excluding steroid dienone is 8. The summed E-state index contributed by atoms with van der Waals surface area (Å²) in [6.07, 6.45) is 11.6. The molecule has 1 heteroatoms. The van der Waals surface area contributed by atoms with Gasteiger partial charge in [0.25, 0.3) is 0 Å². The second-order valence-electron chi connectivity index (χ2n) is 3.66. The molecule has 0 radical (unpaired) electrons. The van der Waals surface area contributed by atoms with Crippen LogP contribution in [0.1, 0.15) is 29.5 Å². The first kappa shape index (κ1) is 9.24. The van der Waals surface area contributed by atoms with Crippen LogP contribution < -0.4 is 0 Å². The molecule has 0 unspecified atom stereocenters. The van der Waals surface area contributed by atoms with E-state index in [2.05, 4.69) is 38.2 Å². The third kappa shape index (κ3) is 1.95. The van der Waals surface area contributed by atoms with Gasteiger partial charge < -0.3 is 2.85 Å². The standard InChI is InChI=1S/2C6H7.Ti.2H/c2*1-6-4-2-3-5-6;;;/h2*2,4H,3H2,1H3;;;/q;;+2;2*-1. The third-order valence-electron chi connectivity index (χ3n) is 2.63. The van der Waals surface area contributed by atoms with E-state index in [1.807, 2.05) is 0 Å². The Morgan fingerprint density at radius 3 is 1.77 bits per heavy atom. The molecule has 2 aliphatic rings. The maximum atomic E-state index is 2.30. The zero-order valence-electron chi connectivity index (χ0n) is 10.2. The van der Waals surface area contributed by atoms with Gasteiger partial charge in [-0.1, -0.05) is 0 Å². The van der Waals surface area contributed by atoms with Crippen LogP contribution in [0.15, 0.2) is 43.2 Å². The first-order valence-corrected chi connectivity index (χ1v) is 6.33. The second-order valence-corrected chi connectivity index (χ2v) is 5.94. The molecule has 0 aromatic heterocycles. The van der Waals surface area contributed by atoms with Crippen LogP contribution in [-0.2, 0) is 19.2 Å². The van der Waals surface area contributed by atoms with Gasteiger partial charge in [-0.2, -0.15) is 0 Å². The summed E-state index contributed by atoms with van der Waals surface area (Å²) in [6, 6.07) is 0. The average Bonchev–Trinajstić information content (AvgIpc) is 2.65. The molecule has 0 saturated carbocycles. The first-order chi connectivity index (χ1) is 6.27. The third-order valence-corrected chi connectivity index (χ3v) is 5.44. The molecule has 0 atom stereocenters. The minimum absolute atomic E-state index is 0. The Kier molecular flexibility index (Phi) is 2.71. The van der Waals surface area contributed by atoms with Crippen molar-refractivity contribution in [3.8, 4) is 0 Å². The summed E-state index contributed by atoms with van der Waals surface area (Å²) in [5, 5.41) is 0. The van der Waals surface area contributed by atoms with Crippen LogP contribution in [-0.4, -0.2) is 0 Å². The van der Waals surface area contributed by atoms with Gasteiger partial charge in [0.2, 0.25) is 0 Å². The summed E-state index contributed by atoms with van der Waals surface area (Å²) in [7, 11) is 0. The molecular formula is C12H16Ti. The summed E-state index contributed by atoms with van der Waals surface area (Å²) >= 11 is 0.0324. The molecule has 0 aromatic rings. The molecule has 0 aliphatic heterocycles. The van der Waals surface area contributed by atoms with E-state index in [9.17, 15) is 0 Å². The zero-order chi connectivity index (χ0) is 9.26. The maximum absolute atomic E-state index is 2.30. The van der Waals surface area contributed by atoms with Crippen molar-refractivity contribution in [2.24, 2.45) is 0 Å². The molecule has 0 N–H and O–H groups in total. The van der Waals surface area contributed by atoms with E-state index in [1.54, 1.807) is 7.76 Å².